The molecule has 0 spiro atoms. The Hall–Kier alpha value is -5.16. The van der Waals surface area contributed by atoms with E-state index in [9.17, 15) is 24.0 Å². The summed E-state index contributed by atoms with van der Waals surface area (Å²) >= 11 is 0. The number of fused-ring (bicyclic) bond motifs is 2. The second-order valence-electron chi connectivity index (χ2n) is 11.1. The minimum atomic E-state index is -0.998. The molecular formula is C34H32N4O7. The number of furan rings is 1. The number of imide groups is 2. The molecule has 4 heterocycles. The van der Waals surface area contributed by atoms with Gasteiger partial charge in [0.2, 0.25) is 17.7 Å². The molecule has 5 amide bonds. The first kappa shape index (κ1) is 29.9. The third-order valence-electron chi connectivity index (χ3n) is 8.03. The van der Waals surface area contributed by atoms with Gasteiger partial charge >= 0.3 is 0 Å². The molecular weight excluding hydrogens is 576 g/mol. The van der Waals surface area contributed by atoms with Gasteiger partial charge in [-0.05, 0) is 55.5 Å². The van der Waals surface area contributed by atoms with Gasteiger partial charge in [0.25, 0.3) is 11.8 Å². The van der Waals surface area contributed by atoms with E-state index in [1.54, 1.807) is 30.6 Å². The second-order valence-corrected chi connectivity index (χ2v) is 11.1. The highest BCUT2D eigenvalue weighted by molar-refractivity contribution is 6.24. The number of para-hydroxylation sites is 1. The molecule has 11 heteroatoms. The van der Waals surface area contributed by atoms with Gasteiger partial charge in [0.15, 0.2) is 0 Å². The van der Waals surface area contributed by atoms with Crippen LogP contribution in [0.1, 0.15) is 75.7 Å². The minimum Gasteiger partial charge on any atom is -0.459 e. The Labute approximate surface area is 258 Å². The number of amides is 5. The summed E-state index contributed by atoms with van der Waals surface area (Å²) in [4.78, 5) is 68.2. The van der Waals surface area contributed by atoms with Crippen molar-refractivity contribution in [3.8, 4) is 0 Å². The summed E-state index contributed by atoms with van der Waals surface area (Å²) in [7, 11) is 0. The molecule has 45 heavy (non-hydrogen) atoms. The lowest BCUT2D eigenvalue weighted by atomic mass is 9.99. The van der Waals surface area contributed by atoms with Crippen LogP contribution in [-0.2, 0) is 25.5 Å². The fourth-order valence-corrected chi connectivity index (χ4v) is 5.84. The van der Waals surface area contributed by atoms with E-state index in [1.165, 1.54) is 0 Å². The van der Waals surface area contributed by atoms with Crippen molar-refractivity contribution in [1.29, 1.82) is 0 Å². The van der Waals surface area contributed by atoms with Crippen LogP contribution in [-0.4, -0.2) is 58.7 Å². The summed E-state index contributed by atoms with van der Waals surface area (Å²) in [5.41, 5.74) is 2.83. The smallest absolute Gasteiger partial charge is 0.262 e. The van der Waals surface area contributed by atoms with Gasteiger partial charge in [0.1, 0.15) is 23.4 Å². The number of aryl methyl sites for hydroxylation is 1. The summed E-state index contributed by atoms with van der Waals surface area (Å²) in [6.45, 7) is 0.783. The van der Waals surface area contributed by atoms with Crippen molar-refractivity contribution in [2.24, 2.45) is 0 Å². The monoisotopic (exact) mass is 608 g/mol. The summed E-state index contributed by atoms with van der Waals surface area (Å²) in [5, 5.41) is 6.23. The Balaban J connectivity index is 0.978. The molecule has 4 aromatic rings. The highest BCUT2D eigenvalue weighted by atomic mass is 16.5. The van der Waals surface area contributed by atoms with Gasteiger partial charge in [0, 0.05) is 49.4 Å². The topological polar surface area (TPSA) is 148 Å². The van der Waals surface area contributed by atoms with Gasteiger partial charge in [-0.2, -0.15) is 0 Å². The molecule has 2 unspecified atom stereocenters. The largest absolute Gasteiger partial charge is 0.459 e. The maximum atomic E-state index is 13.3. The SMILES string of the molecule is O=C1CCC(N2C(=O)c3cccc(CCCOCCCC(=O)NC(c4cccnc4)c4cc5ccccc5o4)c3C2=O)C(=O)N1. The Morgan fingerprint density at radius 2 is 1.87 bits per heavy atom. The van der Waals surface area contributed by atoms with Gasteiger partial charge in [-0.3, -0.25) is 39.2 Å². The van der Waals surface area contributed by atoms with E-state index in [-0.39, 0.29) is 30.7 Å². The molecule has 2 aliphatic rings. The number of nitrogens with zero attached hydrogens (tertiary/aromatic N) is 2. The summed E-state index contributed by atoms with van der Waals surface area (Å²) < 4.78 is 11.8. The number of hydrogen-bond acceptors (Lipinski definition) is 8. The van der Waals surface area contributed by atoms with Crippen molar-refractivity contribution >= 4 is 40.5 Å². The molecule has 0 saturated carbocycles. The van der Waals surface area contributed by atoms with Gasteiger partial charge in [-0.15, -0.1) is 0 Å². The molecule has 11 nitrogen and oxygen atoms in total. The third-order valence-corrected chi connectivity index (χ3v) is 8.03. The summed E-state index contributed by atoms with van der Waals surface area (Å²) in [6.07, 6.45) is 5.43. The highest BCUT2D eigenvalue weighted by Gasteiger charge is 2.45. The summed E-state index contributed by atoms with van der Waals surface area (Å²) in [5.74, 6) is -1.60. The van der Waals surface area contributed by atoms with Crippen molar-refractivity contribution in [2.75, 3.05) is 13.2 Å². The van der Waals surface area contributed by atoms with Gasteiger partial charge < -0.3 is 14.5 Å². The molecule has 0 radical (unpaired) electrons. The number of nitrogens with one attached hydrogen (secondary N) is 2. The van der Waals surface area contributed by atoms with Crippen LogP contribution in [0.25, 0.3) is 11.0 Å². The Bertz CT molecular complexity index is 1730. The van der Waals surface area contributed by atoms with Gasteiger partial charge in [-0.25, -0.2) is 0 Å². The number of carbonyl (C=O) groups is 5. The average Bonchev–Trinajstić information content (AvgIpc) is 3.58. The van der Waals surface area contributed by atoms with Crippen molar-refractivity contribution in [3.63, 3.8) is 0 Å². The van der Waals surface area contributed by atoms with Crippen molar-refractivity contribution in [3.05, 3.63) is 101 Å². The lowest BCUT2D eigenvalue weighted by Crippen LogP contribution is -2.54. The third kappa shape index (κ3) is 6.39. The van der Waals surface area contributed by atoms with E-state index in [0.717, 1.165) is 21.4 Å². The van der Waals surface area contributed by atoms with Crippen LogP contribution in [0.5, 0.6) is 0 Å². The molecule has 230 valence electrons. The van der Waals surface area contributed by atoms with Crippen molar-refractivity contribution in [1.82, 2.24) is 20.5 Å². The number of benzene rings is 2. The molecule has 0 aliphatic carbocycles. The van der Waals surface area contributed by atoms with Crippen LogP contribution in [0.2, 0.25) is 0 Å². The Morgan fingerprint density at radius 1 is 1.02 bits per heavy atom. The maximum Gasteiger partial charge on any atom is 0.262 e. The van der Waals surface area contributed by atoms with Gasteiger partial charge in [0.05, 0.1) is 11.1 Å². The number of piperidine rings is 1. The first-order valence-corrected chi connectivity index (χ1v) is 15.0. The fourth-order valence-electron chi connectivity index (χ4n) is 5.84. The van der Waals surface area contributed by atoms with E-state index in [1.807, 2.05) is 42.5 Å². The van der Waals surface area contributed by atoms with Crippen LogP contribution in [0.3, 0.4) is 0 Å². The van der Waals surface area contributed by atoms with E-state index >= 15 is 0 Å². The van der Waals surface area contributed by atoms with E-state index in [0.29, 0.717) is 49.4 Å². The zero-order valence-electron chi connectivity index (χ0n) is 24.5. The standard InChI is InChI=1S/C34H32N4O7/c39-28(36-31(23-9-4-16-35-20-23)27-19-22-7-1-2-12-26(22)45-27)13-6-18-44-17-5-10-21-8-3-11-24-30(21)34(43)38(33(24)42)25-14-15-29(40)37-32(25)41/h1-4,7-9,11-12,16,19-20,25,31H,5-6,10,13-15,17-18H2,(H,36,39)(H,37,40,41). The molecule has 2 aromatic heterocycles. The molecule has 0 bridgehead atoms. The van der Waals surface area contributed by atoms with Crippen molar-refractivity contribution < 1.29 is 33.1 Å². The predicted molar refractivity (Wildman–Crippen MR) is 162 cm³/mol. The van der Waals surface area contributed by atoms with E-state index < -0.39 is 35.7 Å². The summed E-state index contributed by atoms with van der Waals surface area (Å²) in [6, 6.07) is 16.9. The molecule has 6 rings (SSSR count). The predicted octanol–water partition coefficient (Wildman–Crippen LogP) is 3.86. The number of carbonyl (C=O) groups excluding carboxylic acids is 5. The lowest BCUT2D eigenvalue weighted by molar-refractivity contribution is -0.136. The van der Waals surface area contributed by atoms with Gasteiger partial charge in [-0.1, -0.05) is 36.4 Å². The maximum absolute atomic E-state index is 13.3. The minimum absolute atomic E-state index is 0.0715. The molecule has 2 atom stereocenters. The second kappa shape index (κ2) is 13.2. The average molecular weight is 609 g/mol. The molecule has 2 N–H and O–H groups in total. The zero-order chi connectivity index (χ0) is 31.3. The van der Waals surface area contributed by atoms with Crippen LogP contribution in [0.15, 0.2) is 77.5 Å². The fraction of sp³-hybridized carbons (Fsp3) is 0.294. The molecule has 1 fully saturated rings. The highest BCUT2D eigenvalue weighted by Crippen LogP contribution is 2.31. The number of hydrogen-bond donors (Lipinski definition) is 2. The first-order chi connectivity index (χ1) is 21.9. The van der Waals surface area contributed by atoms with Crippen LogP contribution < -0.4 is 10.6 Å². The molecule has 2 aliphatic heterocycles. The quantitative estimate of drug-likeness (QED) is 0.182. The normalized spacial score (nSPS) is 17.0. The zero-order valence-corrected chi connectivity index (χ0v) is 24.5. The first-order valence-electron chi connectivity index (χ1n) is 15.0. The van der Waals surface area contributed by atoms with Crippen LogP contribution in [0, 0.1) is 0 Å². The molecule has 2 aromatic carbocycles. The number of aromatic nitrogens is 1. The number of ether oxygens (including phenoxy) is 1. The number of rotatable bonds is 12. The lowest BCUT2D eigenvalue weighted by Gasteiger charge is -2.27. The number of pyridine rings is 1. The van der Waals surface area contributed by atoms with Crippen LogP contribution in [0.4, 0.5) is 0 Å². The Morgan fingerprint density at radius 3 is 2.67 bits per heavy atom. The van der Waals surface area contributed by atoms with E-state index in [2.05, 4.69) is 15.6 Å². The molecule has 1 saturated heterocycles. The Kier molecular flexibility index (Phi) is 8.79. The van der Waals surface area contributed by atoms with Crippen molar-refractivity contribution in [2.45, 2.75) is 50.6 Å². The van der Waals surface area contributed by atoms with E-state index in [4.69, 9.17) is 9.15 Å². The van der Waals surface area contributed by atoms with Crippen LogP contribution >= 0.6 is 0 Å².